The second-order valence-electron chi connectivity index (χ2n) is 10.0. The van der Waals surface area contributed by atoms with Crippen LogP contribution in [-0.4, -0.2) is 74.2 Å². The Kier molecular flexibility index (Phi) is 9.14. The van der Waals surface area contributed by atoms with E-state index in [-0.39, 0.29) is 53.5 Å². The molecule has 3 atom stereocenters. The number of fused-ring (bicyclic) bond motifs is 1. The summed E-state index contributed by atoms with van der Waals surface area (Å²) < 4.78 is 48.6. The van der Waals surface area contributed by atoms with Crippen molar-refractivity contribution in [2.75, 3.05) is 36.8 Å². The van der Waals surface area contributed by atoms with Crippen molar-refractivity contribution in [3.05, 3.63) is 84.2 Å². The maximum Gasteiger partial charge on any atom is 0.321 e. The summed E-state index contributed by atoms with van der Waals surface area (Å²) in [6, 6.07) is 16.9. The molecule has 218 valence electrons. The summed E-state index contributed by atoms with van der Waals surface area (Å²) in [5.74, 6) is -1.36. The van der Waals surface area contributed by atoms with Crippen LogP contribution in [-0.2, 0) is 10.0 Å². The van der Waals surface area contributed by atoms with Gasteiger partial charge in [0.2, 0.25) is 0 Å². The quantitative estimate of drug-likeness (QED) is 0.367. The molecule has 10 nitrogen and oxygen atoms in total. The van der Waals surface area contributed by atoms with Gasteiger partial charge in [0.15, 0.2) is 5.75 Å². The van der Waals surface area contributed by atoms with Gasteiger partial charge in [-0.3, -0.25) is 9.52 Å². The number of likely N-dealkylation sites (N-methyl/N-ethyl adjacent to an activating group) is 1. The van der Waals surface area contributed by atoms with Crippen LogP contribution in [0.15, 0.2) is 77.7 Å². The standard InChI is InChI=1S/C29H33FN4O6S/c1-19-16-34(20(2)18-35)28(36)24-10-7-11-25(32-41(38,39)23-14-12-21(30)13-15-23)27(24)40-26(19)17-33(3)29(37)31-22-8-5-4-6-9-22/h4-15,19-20,26,32,35H,16-18H2,1-3H3,(H,31,37)/t19-,20+,26-/m1/s1. The molecule has 0 saturated carbocycles. The maximum atomic E-state index is 13.6. The van der Waals surface area contributed by atoms with Gasteiger partial charge in [-0.1, -0.05) is 31.2 Å². The average Bonchev–Trinajstić information content (AvgIpc) is 2.95. The van der Waals surface area contributed by atoms with E-state index in [1.54, 1.807) is 38.2 Å². The van der Waals surface area contributed by atoms with E-state index < -0.39 is 33.9 Å². The highest BCUT2D eigenvalue weighted by atomic mass is 32.2. The van der Waals surface area contributed by atoms with E-state index in [9.17, 15) is 27.5 Å². The van der Waals surface area contributed by atoms with Crippen molar-refractivity contribution < 1.29 is 32.2 Å². The number of halogens is 1. The van der Waals surface area contributed by atoms with E-state index >= 15 is 0 Å². The normalized spacial score (nSPS) is 17.9. The van der Waals surface area contributed by atoms with Crippen molar-refractivity contribution in [1.82, 2.24) is 9.80 Å². The van der Waals surface area contributed by atoms with Crippen LogP contribution in [0.1, 0.15) is 24.2 Å². The first kappa shape index (κ1) is 29.8. The van der Waals surface area contributed by atoms with Gasteiger partial charge < -0.3 is 25.0 Å². The highest BCUT2D eigenvalue weighted by Gasteiger charge is 2.35. The molecule has 12 heteroatoms. The second kappa shape index (κ2) is 12.6. The first-order valence-corrected chi connectivity index (χ1v) is 14.6. The molecule has 4 rings (SSSR count). The Bertz CT molecular complexity index is 1490. The van der Waals surface area contributed by atoms with Crippen LogP contribution in [0, 0.1) is 11.7 Å². The molecule has 3 aromatic carbocycles. The van der Waals surface area contributed by atoms with Gasteiger partial charge in [-0.15, -0.1) is 0 Å². The minimum Gasteiger partial charge on any atom is -0.485 e. The number of benzene rings is 3. The third-order valence-electron chi connectivity index (χ3n) is 6.88. The molecule has 0 unspecified atom stereocenters. The van der Waals surface area contributed by atoms with Crippen molar-refractivity contribution in [3.63, 3.8) is 0 Å². The Labute approximate surface area is 238 Å². The number of nitrogens with zero attached hydrogens (tertiary/aromatic N) is 2. The van der Waals surface area contributed by atoms with Crippen molar-refractivity contribution in [3.8, 4) is 5.75 Å². The second-order valence-corrected chi connectivity index (χ2v) is 11.7. The third-order valence-corrected chi connectivity index (χ3v) is 8.27. The zero-order valence-corrected chi connectivity index (χ0v) is 23.8. The first-order valence-electron chi connectivity index (χ1n) is 13.1. The number of urea groups is 1. The molecule has 0 fully saturated rings. The van der Waals surface area contributed by atoms with Gasteiger partial charge in [-0.25, -0.2) is 17.6 Å². The molecule has 0 aromatic heterocycles. The topological polar surface area (TPSA) is 128 Å². The van der Waals surface area contributed by atoms with Gasteiger partial charge in [-0.2, -0.15) is 0 Å². The number of carbonyl (C=O) groups excluding carboxylic acids is 2. The van der Waals surface area contributed by atoms with Crippen LogP contribution in [0.4, 0.5) is 20.6 Å². The molecule has 3 amide bonds. The lowest BCUT2D eigenvalue weighted by Gasteiger charge is -2.38. The molecule has 1 aliphatic heterocycles. The lowest BCUT2D eigenvalue weighted by molar-refractivity contribution is 0.0373. The van der Waals surface area contributed by atoms with Crippen LogP contribution < -0.4 is 14.8 Å². The number of ether oxygens (including phenoxy) is 1. The van der Waals surface area contributed by atoms with E-state index in [4.69, 9.17) is 4.74 Å². The summed E-state index contributed by atoms with van der Waals surface area (Å²) in [5, 5.41) is 12.7. The van der Waals surface area contributed by atoms with Crippen molar-refractivity contribution in [2.24, 2.45) is 5.92 Å². The molecule has 3 N–H and O–H groups in total. The Balaban J connectivity index is 1.69. The Morgan fingerprint density at radius 2 is 1.80 bits per heavy atom. The van der Waals surface area contributed by atoms with Gasteiger partial charge in [0, 0.05) is 25.2 Å². The number of aliphatic hydroxyl groups excluding tert-OH is 1. The summed E-state index contributed by atoms with van der Waals surface area (Å²) in [4.78, 5) is 29.4. The van der Waals surface area contributed by atoms with Crippen LogP contribution in [0.3, 0.4) is 0 Å². The molecule has 3 aromatic rings. The number of para-hydroxylation sites is 2. The zero-order chi connectivity index (χ0) is 29.7. The maximum absolute atomic E-state index is 13.6. The predicted octanol–water partition coefficient (Wildman–Crippen LogP) is 4.01. The zero-order valence-electron chi connectivity index (χ0n) is 23.0. The summed E-state index contributed by atoms with van der Waals surface area (Å²) in [6.45, 7) is 3.62. The molecule has 1 heterocycles. The number of aliphatic hydroxyl groups is 1. The molecule has 0 spiro atoms. The van der Waals surface area contributed by atoms with Crippen molar-refractivity contribution in [1.29, 1.82) is 0 Å². The molecule has 0 radical (unpaired) electrons. The summed E-state index contributed by atoms with van der Waals surface area (Å²) in [5.41, 5.74) is 0.720. The molecular weight excluding hydrogens is 551 g/mol. The number of amides is 3. The molecule has 0 aliphatic carbocycles. The number of carbonyl (C=O) groups is 2. The number of hydrogen-bond donors (Lipinski definition) is 3. The Morgan fingerprint density at radius 3 is 2.46 bits per heavy atom. The lowest BCUT2D eigenvalue weighted by atomic mass is 9.99. The van der Waals surface area contributed by atoms with Gasteiger partial charge in [0.25, 0.3) is 15.9 Å². The van der Waals surface area contributed by atoms with Crippen LogP contribution in [0.5, 0.6) is 5.75 Å². The van der Waals surface area contributed by atoms with E-state index in [0.29, 0.717) is 5.69 Å². The molecule has 41 heavy (non-hydrogen) atoms. The minimum atomic E-state index is -4.17. The van der Waals surface area contributed by atoms with E-state index in [1.165, 1.54) is 28.0 Å². The molecular formula is C29H33FN4O6S. The fraction of sp³-hybridized carbons (Fsp3) is 0.310. The number of anilines is 2. The highest BCUT2D eigenvalue weighted by Crippen LogP contribution is 2.36. The Morgan fingerprint density at radius 1 is 1.12 bits per heavy atom. The Hall–Kier alpha value is -4.16. The third kappa shape index (κ3) is 6.95. The van der Waals surface area contributed by atoms with Gasteiger partial charge >= 0.3 is 6.03 Å². The van der Waals surface area contributed by atoms with Crippen molar-refractivity contribution >= 4 is 33.3 Å². The monoisotopic (exact) mass is 584 g/mol. The van der Waals surface area contributed by atoms with Crippen LogP contribution in [0.25, 0.3) is 0 Å². The van der Waals surface area contributed by atoms with Crippen LogP contribution >= 0.6 is 0 Å². The van der Waals surface area contributed by atoms with Crippen molar-refractivity contribution in [2.45, 2.75) is 30.9 Å². The number of nitrogens with one attached hydrogen (secondary N) is 2. The summed E-state index contributed by atoms with van der Waals surface area (Å²) >= 11 is 0. The fourth-order valence-electron chi connectivity index (χ4n) is 4.45. The SMILES string of the molecule is C[C@@H]1CN([C@@H](C)CO)C(=O)c2cccc(NS(=O)(=O)c3ccc(F)cc3)c2O[C@@H]1CN(C)C(=O)Nc1ccccc1. The molecule has 1 aliphatic rings. The lowest BCUT2D eigenvalue weighted by Crippen LogP contribution is -2.50. The summed E-state index contributed by atoms with van der Waals surface area (Å²) in [6.07, 6.45) is -0.668. The summed E-state index contributed by atoms with van der Waals surface area (Å²) in [7, 11) is -2.57. The number of rotatable bonds is 8. The smallest absolute Gasteiger partial charge is 0.321 e. The predicted molar refractivity (Wildman–Crippen MR) is 153 cm³/mol. The largest absolute Gasteiger partial charge is 0.485 e. The number of hydrogen-bond acceptors (Lipinski definition) is 6. The molecule has 0 bridgehead atoms. The van der Waals surface area contributed by atoms with E-state index in [2.05, 4.69) is 10.0 Å². The first-order chi connectivity index (χ1) is 19.5. The van der Waals surface area contributed by atoms with Gasteiger partial charge in [0.05, 0.1) is 35.3 Å². The van der Waals surface area contributed by atoms with E-state index in [0.717, 1.165) is 24.3 Å². The highest BCUT2D eigenvalue weighted by molar-refractivity contribution is 7.92. The number of sulfonamides is 1. The average molecular weight is 585 g/mol. The van der Waals surface area contributed by atoms with Crippen LogP contribution in [0.2, 0.25) is 0 Å². The fourth-order valence-corrected chi connectivity index (χ4v) is 5.51. The van der Waals surface area contributed by atoms with E-state index in [1.807, 2.05) is 13.0 Å². The molecule has 0 saturated heterocycles. The van der Waals surface area contributed by atoms with Gasteiger partial charge in [0.1, 0.15) is 11.9 Å². The minimum absolute atomic E-state index is 0.00673. The van der Waals surface area contributed by atoms with Gasteiger partial charge in [-0.05, 0) is 55.5 Å².